The molecule has 6 aromatic heterocycles. The van der Waals surface area contributed by atoms with Crippen LogP contribution in [0.5, 0.6) is 0 Å². The van der Waals surface area contributed by atoms with Gasteiger partial charge in [-0.05, 0) is 43.3 Å². The predicted molar refractivity (Wildman–Crippen MR) is 145 cm³/mol. The number of rotatable bonds is 2. The van der Waals surface area contributed by atoms with Crippen LogP contribution in [0.25, 0.3) is 33.1 Å². The van der Waals surface area contributed by atoms with Crippen molar-refractivity contribution in [1.29, 1.82) is 0 Å². The van der Waals surface area contributed by atoms with Crippen LogP contribution in [0, 0.1) is 24.6 Å². The van der Waals surface area contributed by atoms with Gasteiger partial charge in [-0.25, -0.2) is 14.4 Å². The maximum Gasteiger partial charge on any atom is 0.490 e. The molecule has 0 unspecified atom stereocenters. The Morgan fingerprint density at radius 1 is 0.700 bits per heavy atom. The van der Waals surface area contributed by atoms with Gasteiger partial charge in [0.1, 0.15) is 0 Å². The molecule has 0 aliphatic heterocycles. The molecule has 0 fully saturated rings. The van der Waals surface area contributed by atoms with Crippen molar-refractivity contribution in [2.24, 2.45) is 0 Å². The van der Waals surface area contributed by atoms with E-state index in [2.05, 4.69) is 29.9 Å². The van der Waals surface area contributed by atoms with Gasteiger partial charge in [0.25, 0.3) is 0 Å². The summed E-state index contributed by atoms with van der Waals surface area (Å²) >= 11 is 0. The number of halogens is 3. The van der Waals surface area contributed by atoms with Crippen LogP contribution in [0.3, 0.4) is 0 Å². The number of fused-ring (bicyclic) bond motifs is 2. The van der Waals surface area contributed by atoms with E-state index in [1.54, 1.807) is 30.7 Å². The number of anilines is 1. The van der Waals surface area contributed by atoms with E-state index in [9.17, 15) is 13.2 Å². The summed E-state index contributed by atoms with van der Waals surface area (Å²) in [5.41, 5.74) is 7.86. The summed E-state index contributed by atoms with van der Waals surface area (Å²) in [7, 11) is -1.76. The van der Waals surface area contributed by atoms with Crippen molar-refractivity contribution in [2.45, 2.75) is 6.92 Å². The van der Waals surface area contributed by atoms with Gasteiger partial charge in [0, 0.05) is 52.3 Å². The molecule has 0 spiro atoms. The molecule has 0 aliphatic carbocycles. The summed E-state index contributed by atoms with van der Waals surface area (Å²) in [6, 6.07) is 13.9. The predicted octanol–water partition coefficient (Wildman–Crippen LogP) is 3.39. The zero-order valence-electron chi connectivity index (χ0n) is 20.9. The number of nitrogen functional groups attached to an aromatic ring is 1. The van der Waals surface area contributed by atoms with Crippen LogP contribution in [0.2, 0.25) is 0 Å². The zero-order chi connectivity index (χ0) is 28.6. The molecular formula is C27H21BF3N7O2. The second-order valence-corrected chi connectivity index (χ2v) is 8.23. The number of hydrogen-bond donors (Lipinski definition) is 3. The van der Waals surface area contributed by atoms with E-state index in [0.717, 1.165) is 28.2 Å². The van der Waals surface area contributed by atoms with E-state index >= 15 is 0 Å². The van der Waals surface area contributed by atoms with Crippen LogP contribution < -0.4 is 11.2 Å². The van der Waals surface area contributed by atoms with Crippen LogP contribution in [0.15, 0.2) is 85.7 Å². The second kappa shape index (κ2) is 12.7. The maximum atomic E-state index is 13.6. The molecule has 0 aliphatic rings. The molecule has 0 saturated heterocycles. The van der Waals surface area contributed by atoms with E-state index in [1.807, 2.05) is 31.2 Å². The van der Waals surface area contributed by atoms with Gasteiger partial charge in [-0.3, -0.25) is 19.9 Å². The molecule has 0 radical (unpaired) electrons. The lowest BCUT2D eigenvalue weighted by Crippen LogP contribution is -2.33. The number of pyridine rings is 6. The van der Waals surface area contributed by atoms with Gasteiger partial charge in [0.05, 0.1) is 34.8 Å². The monoisotopic (exact) mass is 543 g/mol. The minimum atomic E-state index is -1.76. The van der Waals surface area contributed by atoms with Gasteiger partial charge in [-0.15, -0.1) is 0 Å². The molecular weight excluding hydrogens is 522 g/mol. The molecule has 0 saturated carbocycles. The molecule has 6 heterocycles. The first-order valence-electron chi connectivity index (χ1n) is 11.7. The van der Waals surface area contributed by atoms with Crippen molar-refractivity contribution in [2.75, 3.05) is 5.73 Å². The van der Waals surface area contributed by atoms with Gasteiger partial charge in [0.2, 0.25) is 11.9 Å². The number of nitrogens with two attached hydrogens (primary N) is 1. The third kappa shape index (κ3) is 6.70. The first kappa shape index (κ1) is 28.0. The SMILES string of the molecule is Cc1cc2cccnc2cn1.Fc1nccc(-c2cc3cccnc3cn2)c1F.Nc1c(B(O)O)ccnc1F. The third-order valence-electron chi connectivity index (χ3n) is 5.49. The molecule has 0 amide bonds. The molecule has 9 nitrogen and oxygen atoms in total. The Morgan fingerprint density at radius 2 is 1.30 bits per heavy atom. The van der Waals surface area contributed by atoms with Crippen LogP contribution in [0.1, 0.15) is 5.69 Å². The Balaban J connectivity index is 0.000000146. The van der Waals surface area contributed by atoms with E-state index in [1.165, 1.54) is 24.5 Å². The highest BCUT2D eigenvalue weighted by Crippen LogP contribution is 2.24. The van der Waals surface area contributed by atoms with Gasteiger partial charge >= 0.3 is 7.12 Å². The quantitative estimate of drug-likeness (QED) is 0.221. The van der Waals surface area contributed by atoms with Crippen molar-refractivity contribution in [1.82, 2.24) is 29.9 Å². The zero-order valence-corrected chi connectivity index (χ0v) is 20.9. The van der Waals surface area contributed by atoms with Crippen molar-refractivity contribution < 1.29 is 23.2 Å². The van der Waals surface area contributed by atoms with E-state index in [4.69, 9.17) is 15.8 Å². The largest absolute Gasteiger partial charge is 0.490 e. The van der Waals surface area contributed by atoms with Crippen LogP contribution in [-0.2, 0) is 0 Å². The fraction of sp³-hybridized carbons (Fsp3) is 0.0370. The van der Waals surface area contributed by atoms with Crippen molar-refractivity contribution in [3.05, 3.63) is 109 Å². The highest BCUT2D eigenvalue weighted by Gasteiger charge is 2.17. The second-order valence-electron chi connectivity index (χ2n) is 8.23. The number of aromatic nitrogens is 6. The fourth-order valence-electron chi connectivity index (χ4n) is 3.51. The summed E-state index contributed by atoms with van der Waals surface area (Å²) in [5.74, 6) is -3.01. The van der Waals surface area contributed by atoms with E-state index in [0.29, 0.717) is 11.2 Å². The Labute approximate surface area is 226 Å². The summed E-state index contributed by atoms with van der Waals surface area (Å²) in [5, 5.41) is 19.2. The molecule has 6 aromatic rings. The van der Waals surface area contributed by atoms with Gasteiger partial charge < -0.3 is 15.8 Å². The summed E-state index contributed by atoms with van der Waals surface area (Å²) in [6.07, 6.45) is 9.08. The highest BCUT2D eigenvalue weighted by atomic mass is 19.2. The van der Waals surface area contributed by atoms with Crippen LogP contribution >= 0.6 is 0 Å². The molecule has 13 heteroatoms. The minimum absolute atomic E-state index is 0.0718. The van der Waals surface area contributed by atoms with E-state index in [-0.39, 0.29) is 16.7 Å². The topological polar surface area (TPSA) is 144 Å². The normalized spacial score (nSPS) is 10.3. The number of aryl methyl sites for hydroxylation is 1. The van der Waals surface area contributed by atoms with Gasteiger partial charge in [-0.1, -0.05) is 12.1 Å². The van der Waals surface area contributed by atoms with Gasteiger partial charge in [0.15, 0.2) is 5.82 Å². The maximum absolute atomic E-state index is 13.6. The summed E-state index contributed by atoms with van der Waals surface area (Å²) in [6.45, 7) is 1.98. The molecule has 200 valence electrons. The standard InChI is InChI=1S/C13H7F2N3.C9H8N2.C5H6BFN2O2/c14-12-9(3-5-17-13(12)15)10-6-8-2-1-4-16-11(8)7-18-10;1-7-5-8-3-2-4-10-9(8)6-11-7;7-5-4(8)3(6(10)11)1-2-9-5/h1-7H;2-6H,1H3;1-2,10-11H,8H2. The van der Waals surface area contributed by atoms with Crippen LogP contribution in [0.4, 0.5) is 18.9 Å². The Morgan fingerprint density at radius 3 is 1.95 bits per heavy atom. The fourth-order valence-corrected chi connectivity index (χ4v) is 3.51. The first-order valence-corrected chi connectivity index (χ1v) is 11.7. The van der Waals surface area contributed by atoms with Crippen molar-refractivity contribution in [3.63, 3.8) is 0 Å². The Hall–Kier alpha value is -5.01. The lowest BCUT2D eigenvalue weighted by molar-refractivity contribution is 0.425. The van der Waals surface area contributed by atoms with E-state index < -0.39 is 24.8 Å². The average Bonchev–Trinajstić information content (AvgIpc) is 2.96. The molecule has 4 N–H and O–H groups in total. The summed E-state index contributed by atoms with van der Waals surface area (Å²) < 4.78 is 39.1. The van der Waals surface area contributed by atoms with Crippen LogP contribution in [-0.4, -0.2) is 47.1 Å². The number of hydrogen-bond acceptors (Lipinski definition) is 9. The molecule has 0 bridgehead atoms. The van der Waals surface area contributed by atoms with Crippen molar-refractivity contribution >= 4 is 40.1 Å². The first-order chi connectivity index (χ1) is 19.2. The molecule has 0 aromatic carbocycles. The Bertz CT molecular complexity index is 1780. The summed E-state index contributed by atoms with van der Waals surface area (Å²) in [4.78, 5) is 23.0. The molecule has 6 rings (SSSR count). The molecule has 40 heavy (non-hydrogen) atoms. The van der Waals surface area contributed by atoms with Crippen molar-refractivity contribution in [3.8, 4) is 11.3 Å². The third-order valence-corrected chi connectivity index (χ3v) is 5.49. The minimum Gasteiger partial charge on any atom is -0.423 e. The lowest BCUT2D eigenvalue weighted by Gasteiger charge is -2.04. The lowest BCUT2D eigenvalue weighted by atomic mass is 9.80. The number of nitrogens with zero attached hydrogens (tertiary/aromatic N) is 6. The Kier molecular flexibility index (Phi) is 8.89. The van der Waals surface area contributed by atoms with Gasteiger partial charge in [-0.2, -0.15) is 8.78 Å². The average molecular weight is 543 g/mol. The smallest absolute Gasteiger partial charge is 0.423 e. The molecule has 0 atom stereocenters. The highest BCUT2D eigenvalue weighted by molar-refractivity contribution is 6.60.